The third-order valence-electron chi connectivity index (χ3n) is 4.42. The minimum absolute atomic E-state index is 0.0604. The molecule has 3 rings (SSSR count). The minimum atomic E-state index is -4.49. The number of pyridine rings is 2. The molecule has 1 amide bonds. The highest BCUT2D eigenvalue weighted by molar-refractivity contribution is 5.92. The Morgan fingerprint density at radius 1 is 1.28 bits per heavy atom. The molecule has 154 valence electrons. The van der Waals surface area contributed by atoms with E-state index in [1.807, 2.05) is 0 Å². The van der Waals surface area contributed by atoms with Crippen LogP contribution in [-0.4, -0.2) is 34.4 Å². The molecule has 6 nitrogen and oxygen atoms in total. The van der Waals surface area contributed by atoms with E-state index in [1.54, 1.807) is 25.3 Å². The fraction of sp³-hybridized carbons (Fsp3) is 0.400. The van der Waals surface area contributed by atoms with Gasteiger partial charge in [0.1, 0.15) is 11.5 Å². The number of carbonyl (C=O) groups excluding carboxylic acids is 2. The number of hydrogen-bond acceptors (Lipinski definition) is 5. The van der Waals surface area contributed by atoms with Crippen molar-refractivity contribution >= 4 is 11.7 Å². The lowest BCUT2D eigenvalue weighted by Gasteiger charge is -2.15. The van der Waals surface area contributed by atoms with Gasteiger partial charge in [-0.05, 0) is 43.5 Å². The van der Waals surface area contributed by atoms with Crippen molar-refractivity contribution in [1.29, 1.82) is 0 Å². The van der Waals surface area contributed by atoms with E-state index in [-0.39, 0.29) is 29.7 Å². The first-order valence-corrected chi connectivity index (χ1v) is 9.16. The van der Waals surface area contributed by atoms with E-state index in [9.17, 15) is 22.8 Å². The van der Waals surface area contributed by atoms with Crippen LogP contribution in [0.2, 0.25) is 0 Å². The number of nitrogens with one attached hydrogen (secondary N) is 1. The van der Waals surface area contributed by atoms with Crippen molar-refractivity contribution in [2.45, 2.75) is 38.4 Å². The number of hydrogen-bond donors (Lipinski definition) is 1. The molecule has 0 spiro atoms. The summed E-state index contributed by atoms with van der Waals surface area (Å²) >= 11 is 0. The van der Waals surface area contributed by atoms with Gasteiger partial charge in [-0.2, -0.15) is 13.2 Å². The highest BCUT2D eigenvalue weighted by Gasteiger charge is 2.30. The number of Topliss-reactive ketones (excluding diaryl/α,β-unsaturated/α-hetero) is 1. The first-order chi connectivity index (χ1) is 13.7. The second-order valence-electron chi connectivity index (χ2n) is 6.96. The lowest BCUT2D eigenvalue weighted by molar-refractivity contribution is -0.154. The van der Waals surface area contributed by atoms with E-state index < -0.39 is 24.7 Å². The third-order valence-corrected chi connectivity index (χ3v) is 4.42. The molecule has 1 atom stereocenters. The standard InChI is InChI=1S/C20H20F3N3O3/c1-12(14-7-8-24-15(9-14)10-17(27)13-5-6-13)25-19(28)16-3-2-4-18(26-16)29-11-20(21,22)23/h2-4,7-9,12-13H,5-6,10-11H2,1H3,(H,25,28). The summed E-state index contributed by atoms with van der Waals surface area (Å²) in [5.74, 6) is -0.517. The van der Waals surface area contributed by atoms with Crippen molar-refractivity contribution in [2.24, 2.45) is 5.92 Å². The van der Waals surface area contributed by atoms with Crippen LogP contribution in [0.25, 0.3) is 0 Å². The second-order valence-corrected chi connectivity index (χ2v) is 6.96. The number of carbonyl (C=O) groups is 2. The number of aromatic nitrogens is 2. The molecule has 29 heavy (non-hydrogen) atoms. The zero-order valence-corrected chi connectivity index (χ0v) is 15.7. The number of amides is 1. The number of rotatable bonds is 8. The van der Waals surface area contributed by atoms with Crippen molar-refractivity contribution in [3.63, 3.8) is 0 Å². The van der Waals surface area contributed by atoms with Crippen molar-refractivity contribution in [3.05, 3.63) is 53.5 Å². The fourth-order valence-electron chi connectivity index (χ4n) is 2.72. The predicted octanol–water partition coefficient (Wildman–Crippen LogP) is 3.43. The Morgan fingerprint density at radius 3 is 2.72 bits per heavy atom. The van der Waals surface area contributed by atoms with E-state index in [0.29, 0.717) is 5.69 Å². The number of nitrogens with zero attached hydrogens (tertiary/aromatic N) is 2. The molecule has 0 saturated heterocycles. The van der Waals surface area contributed by atoms with Crippen LogP contribution in [0.1, 0.15) is 47.6 Å². The first-order valence-electron chi connectivity index (χ1n) is 9.16. The molecule has 1 unspecified atom stereocenters. The average molecular weight is 407 g/mol. The maximum atomic E-state index is 12.4. The van der Waals surface area contributed by atoms with E-state index >= 15 is 0 Å². The van der Waals surface area contributed by atoms with Crippen molar-refractivity contribution in [1.82, 2.24) is 15.3 Å². The van der Waals surface area contributed by atoms with Crippen molar-refractivity contribution in [2.75, 3.05) is 6.61 Å². The average Bonchev–Trinajstić information content (AvgIpc) is 3.51. The van der Waals surface area contributed by atoms with Crippen molar-refractivity contribution < 1.29 is 27.5 Å². The Bertz CT molecular complexity index is 898. The topological polar surface area (TPSA) is 81.2 Å². The molecular formula is C20H20F3N3O3. The molecule has 1 N–H and O–H groups in total. The maximum Gasteiger partial charge on any atom is 0.422 e. The van der Waals surface area contributed by atoms with Crippen LogP contribution in [0, 0.1) is 5.92 Å². The summed E-state index contributed by atoms with van der Waals surface area (Å²) in [5, 5.41) is 2.74. The van der Waals surface area contributed by atoms with E-state index in [1.165, 1.54) is 18.2 Å². The maximum absolute atomic E-state index is 12.4. The molecular weight excluding hydrogens is 387 g/mol. The van der Waals surface area contributed by atoms with Gasteiger partial charge in [-0.25, -0.2) is 4.98 Å². The van der Waals surface area contributed by atoms with Crippen LogP contribution < -0.4 is 10.1 Å². The monoisotopic (exact) mass is 407 g/mol. The van der Waals surface area contributed by atoms with E-state index in [0.717, 1.165) is 18.4 Å². The second kappa shape index (κ2) is 8.59. The summed E-state index contributed by atoms with van der Waals surface area (Å²) in [7, 11) is 0. The Balaban J connectivity index is 1.62. The van der Waals surface area contributed by atoms with Crippen LogP contribution >= 0.6 is 0 Å². The molecule has 9 heteroatoms. The molecule has 1 saturated carbocycles. The number of alkyl halides is 3. The highest BCUT2D eigenvalue weighted by atomic mass is 19.4. The Hall–Kier alpha value is -2.97. The van der Waals surface area contributed by atoms with Gasteiger partial charge in [0.15, 0.2) is 6.61 Å². The van der Waals surface area contributed by atoms with Crippen LogP contribution in [0.4, 0.5) is 13.2 Å². The minimum Gasteiger partial charge on any atom is -0.468 e. The molecule has 2 aromatic heterocycles. The van der Waals surface area contributed by atoms with Gasteiger partial charge >= 0.3 is 6.18 Å². The third kappa shape index (κ3) is 6.27. The Kier molecular flexibility index (Phi) is 6.14. The largest absolute Gasteiger partial charge is 0.468 e. The number of ketones is 1. The molecule has 0 bridgehead atoms. The van der Waals surface area contributed by atoms with Gasteiger partial charge in [0.2, 0.25) is 5.88 Å². The molecule has 2 aromatic rings. The molecule has 2 heterocycles. The van der Waals surface area contributed by atoms with Gasteiger partial charge in [-0.3, -0.25) is 14.6 Å². The SMILES string of the molecule is CC(NC(=O)c1cccc(OCC(F)(F)F)n1)c1ccnc(CC(=O)C2CC2)c1. The molecule has 0 aromatic carbocycles. The smallest absolute Gasteiger partial charge is 0.422 e. The van der Waals surface area contributed by atoms with Crippen LogP contribution in [0.3, 0.4) is 0 Å². The van der Waals surface area contributed by atoms with Crippen molar-refractivity contribution in [3.8, 4) is 5.88 Å². The molecule has 1 aliphatic carbocycles. The summed E-state index contributed by atoms with van der Waals surface area (Å²) in [6.07, 6.45) is -0.779. The van der Waals surface area contributed by atoms with Gasteiger partial charge in [-0.1, -0.05) is 6.07 Å². The summed E-state index contributed by atoms with van der Waals surface area (Å²) in [6, 6.07) is 7.11. The van der Waals surface area contributed by atoms with E-state index in [4.69, 9.17) is 0 Å². The van der Waals surface area contributed by atoms with Crippen LogP contribution in [-0.2, 0) is 11.2 Å². The normalized spacial score (nSPS) is 14.9. The van der Waals surface area contributed by atoms with Gasteiger partial charge in [0.05, 0.1) is 6.04 Å². The first kappa shape index (κ1) is 20.8. The van der Waals surface area contributed by atoms with Gasteiger partial charge in [-0.15, -0.1) is 0 Å². The number of halogens is 3. The fourth-order valence-corrected chi connectivity index (χ4v) is 2.72. The van der Waals surface area contributed by atoms with Crippen LogP contribution in [0.15, 0.2) is 36.5 Å². The molecule has 1 aliphatic rings. The summed E-state index contributed by atoms with van der Waals surface area (Å²) in [4.78, 5) is 32.4. The quantitative estimate of drug-likeness (QED) is 0.725. The Labute approximate surface area is 165 Å². The predicted molar refractivity (Wildman–Crippen MR) is 97.3 cm³/mol. The van der Waals surface area contributed by atoms with Gasteiger partial charge in [0, 0.05) is 30.3 Å². The zero-order valence-electron chi connectivity index (χ0n) is 15.7. The number of ether oxygens (including phenoxy) is 1. The Morgan fingerprint density at radius 2 is 2.03 bits per heavy atom. The van der Waals surface area contributed by atoms with Crippen LogP contribution in [0.5, 0.6) is 5.88 Å². The summed E-state index contributed by atoms with van der Waals surface area (Å²) in [5.41, 5.74) is 1.34. The lowest BCUT2D eigenvalue weighted by atomic mass is 10.1. The summed E-state index contributed by atoms with van der Waals surface area (Å²) in [6.45, 7) is 0.268. The molecule has 0 aliphatic heterocycles. The molecule has 0 radical (unpaired) electrons. The van der Waals surface area contributed by atoms with Gasteiger partial charge in [0.25, 0.3) is 5.91 Å². The highest BCUT2D eigenvalue weighted by Crippen LogP contribution is 2.31. The summed E-state index contributed by atoms with van der Waals surface area (Å²) < 4.78 is 41.4. The lowest BCUT2D eigenvalue weighted by Crippen LogP contribution is -2.28. The van der Waals surface area contributed by atoms with Gasteiger partial charge < -0.3 is 10.1 Å². The van der Waals surface area contributed by atoms with E-state index in [2.05, 4.69) is 20.0 Å². The molecule has 1 fully saturated rings. The zero-order chi connectivity index (χ0) is 21.0.